The molecule has 0 unspecified atom stereocenters. The van der Waals surface area contributed by atoms with Crippen molar-refractivity contribution in [3.8, 4) is 5.75 Å². The number of methoxy groups -OCH3 is 1. The van der Waals surface area contributed by atoms with Gasteiger partial charge in [-0.25, -0.2) is 13.1 Å². The summed E-state index contributed by atoms with van der Waals surface area (Å²) in [5.74, 6) is 0.287. The van der Waals surface area contributed by atoms with Crippen LogP contribution in [0, 0.1) is 0 Å². The molecule has 2 N–H and O–H groups in total. The van der Waals surface area contributed by atoms with Crippen LogP contribution in [0.1, 0.15) is 12.5 Å². The van der Waals surface area contributed by atoms with Crippen molar-refractivity contribution in [1.82, 2.24) is 4.72 Å². The maximum atomic E-state index is 12.1. The molecule has 0 fully saturated rings. The Morgan fingerprint density at radius 2 is 2.09 bits per heavy atom. The number of carbonyl (C=O) groups excluding carboxylic acids is 1. The number of hydrogen-bond acceptors (Lipinski definition) is 5. The Balaban J connectivity index is 2.15. The molecule has 2 rings (SSSR count). The van der Waals surface area contributed by atoms with E-state index in [4.69, 9.17) is 4.74 Å². The molecule has 1 amide bonds. The minimum atomic E-state index is -3.52. The van der Waals surface area contributed by atoms with Gasteiger partial charge in [0.05, 0.1) is 12.8 Å². The summed E-state index contributed by atoms with van der Waals surface area (Å²) in [5.41, 5.74) is 1.22. The van der Waals surface area contributed by atoms with E-state index < -0.39 is 10.0 Å². The molecule has 8 heteroatoms. The number of ether oxygens (including phenoxy) is 1. The largest absolute Gasteiger partial charge is 0.495 e. The summed E-state index contributed by atoms with van der Waals surface area (Å²) < 4.78 is 32.1. The van der Waals surface area contributed by atoms with Crippen molar-refractivity contribution >= 4 is 33.0 Å². The van der Waals surface area contributed by atoms with E-state index in [1.54, 1.807) is 35.7 Å². The highest BCUT2D eigenvalue weighted by atomic mass is 32.2. The quantitative estimate of drug-likeness (QED) is 0.844. The normalized spacial score (nSPS) is 11.2. The predicted molar refractivity (Wildman–Crippen MR) is 85.6 cm³/mol. The zero-order valence-electron chi connectivity index (χ0n) is 12.1. The van der Waals surface area contributed by atoms with E-state index in [0.717, 1.165) is 11.3 Å². The smallest absolute Gasteiger partial charge is 0.250 e. The third-order valence-corrected chi connectivity index (χ3v) is 5.60. The van der Waals surface area contributed by atoms with Crippen molar-refractivity contribution in [2.75, 3.05) is 12.4 Å². The van der Waals surface area contributed by atoms with Gasteiger partial charge in [-0.15, -0.1) is 11.3 Å². The molecule has 0 saturated carbocycles. The molecule has 0 saturated heterocycles. The summed E-state index contributed by atoms with van der Waals surface area (Å²) in [5, 5.41) is 4.36. The first-order chi connectivity index (χ1) is 10.4. The highest BCUT2D eigenvalue weighted by Gasteiger charge is 2.15. The molecule has 1 aromatic carbocycles. The van der Waals surface area contributed by atoms with E-state index in [1.165, 1.54) is 14.0 Å². The molecule has 1 heterocycles. The summed E-state index contributed by atoms with van der Waals surface area (Å²) in [6.07, 6.45) is 0. The van der Waals surface area contributed by atoms with Crippen LogP contribution in [0.5, 0.6) is 5.75 Å². The molecule has 0 aliphatic heterocycles. The zero-order chi connectivity index (χ0) is 16.2. The number of anilines is 1. The van der Waals surface area contributed by atoms with Gasteiger partial charge in [-0.05, 0) is 29.1 Å². The molecular formula is C14H16N2O4S2. The van der Waals surface area contributed by atoms with Crippen molar-refractivity contribution in [3.63, 3.8) is 0 Å². The minimum absolute atomic E-state index is 0.122. The Bertz CT molecular complexity index is 755. The lowest BCUT2D eigenvalue weighted by Gasteiger charge is -2.11. The maximum Gasteiger partial charge on any atom is 0.250 e. The van der Waals surface area contributed by atoms with Gasteiger partial charge in [0, 0.05) is 13.5 Å². The molecule has 2 aromatic rings. The van der Waals surface area contributed by atoms with E-state index in [1.807, 2.05) is 0 Å². The standard InChI is InChI=1S/C14H16N2O4S2/c1-10(17)16-12-8-11(5-6-13(12)20-2)9-15-22(18,19)14-4-3-7-21-14/h3-8,15H,9H2,1-2H3,(H,16,17). The van der Waals surface area contributed by atoms with Gasteiger partial charge in [-0.2, -0.15) is 0 Å². The van der Waals surface area contributed by atoms with Gasteiger partial charge < -0.3 is 10.1 Å². The second kappa shape index (κ2) is 6.91. The fourth-order valence-electron chi connectivity index (χ4n) is 1.82. The molecular weight excluding hydrogens is 324 g/mol. The highest BCUT2D eigenvalue weighted by Crippen LogP contribution is 2.25. The number of benzene rings is 1. The molecule has 1 aromatic heterocycles. The molecule has 0 aliphatic carbocycles. The van der Waals surface area contributed by atoms with Crippen molar-refractivity contribution in [2.45, 2.75) is 17.7 Å². The third-order valence-electron chi connectivity index (χ3n) is 2.80. The molecule has 22 heavy (non-hydrogen) atoms. The van der Waals surface area contributed by atoms with Crippen LogP contribution < -0.4 is 14.8 Å². The molecule has 0 atom stereocenters. The third kappa shape index (κ3) is 4.06. The minimum Gasteiger partial charge on any atom is -0.495 e. The zero-order valence-corrected chi connectivity index (χ0v) is 13.8. The Kier molecular flexibility index (Phi) is 5.17. The number of carbonyl (C=O) groups is 1. The van der Waals surface area contributed by atoms with E-state index in [0.29, 0.717) is 17.0 Å². The van der Waals surface area contributed by atoms with Gasteiger partial charge in [0.1, 0.15) is 9.96 Å². The number of amides is 1. The van der Waals surface area contributed by atoms with Crippen molar-refractivity contribution in [3.05, 3.63) is 41.3 Å². The van der Waals surface area contributed by atoms with E-state index in [2.05, 4.69) is 10.0 Å². The average Bonchev–Trinajstić information content (AvgIpc) is 3.00. The second-order valence-electron chi connectivity index (χ2n) is 4.47. The van der Waals surface area contributed by atoms with Crippen LogP contribution in [0.15, 0.2) is 39.9 Å². The Labute approximate surface area is 133 Å². The van der Waals surface area contributed by atoms with Gasteiger partial charge in [-0.1, -0.05) is 12.1 Å². The van der Waals surface area contributed by atoms with Crippen LogP contribution in [-0.4, -0.2) is 21.4 Å². The fraction of sp³-hybridized carbons (Fsp3) is 0.214. The molecule has 118 valence electrons. The Morgan fingerprint density at radius 3 is 2.68 bits per heavy atom. The van der Waals surface area contributed by atoms with Gasteiger partial charge in [0.2, 0.25) is 15.9 Å². The number of sulfonamides is 1. The lowest BCUT2D eigenvalue weighted by atomic mass is 10.2. The number of rotatable bonds is 6. The summed E-state index contributed by atoms with van der Waals surface area (Å²) >= 11 is 1.16. The first kappa shape index (κ1) is 16.5. The van der Waals surface area contributed by atoms with Crippen LogP contribution in [0.2, 0.25) is 0 Å². The van der Waals surface area contributed by atoms with Crippen LogP contribution >= 0.6 is 11.3 Å². The van der Waals surface area contributed by atoms with Gasteiger partial charge >= 0.3 is 0 Å². The summed E-state index contributed by atoms with van der Waals surface area (Å²) in [6, 6.07) is 8.32. The van der Waals surface area contributed by atoms with Crippen LogP contribution in [0.4, 0.5) is 5.69 Å². The van der Waals surface area contributed by atoms with Gasteiger partial charge in [0.25, 0.3) is 0 Å². The van der Waals surface area contributed by atoms with Gasteiger partial charge in [0.15, 0.2) is 0 Å². The Morgan fingerprint density at radius 1 is 1.32 bits per heavy atom. The van der Waals surface area contributed by atoms with E-state index >= 15 is 0 Å². The Hall–Kier alpha value is -1.90. The topological polar surface area (TPSA) is 84.5 Å². The molecule has 0 spiro atoms. The number of nitrogens with one attached hydrogen (secondary N) is 2. The van der Waals surface area contributed by atoms with Crippen molar-refractivity contribution in [1.29, 1.82) is 0 Å². The molecule has 0 aliphatic rings. The first-order valence-electron chi connectivity index (χ1n) is 6.40. The first-order valence-corrected chi connectivity index (χ1v) is 8.76. The van der Waals surface area contributed by atoms with Gasteiger partial charge in [-0.3, -0.25) is 4.79 Å². The van der Waals surface area contributed by atoms with Crippen LogP contribution in [0.3, 0.4) is 0 Å². The van der Waals surface area contributed by atoms with Crippen molar-refractivity contribution < 1.29 is 17.9 Å². The highest BCUT2D eigenvalue weighted by molar-refractivity contribution is 7.91. The molecule has 6 nitrogen and oxygen atoms in total. The SMILES string of the molecule is COc1ccc(CNS(=O)(=O)c2cccs2)cc1NC(C)=O. The summed E-state index contributed by atoms with van der Waals surface area (Å²) in [7, 11) is -2.02. The maximum absolute atomic E-state index is 12.1. The fourth-order valence-corrected chi connectivity index (χ4v) is 3.87. The van der Waals surface area contributed by atoms with Crippen LogP contribution in [-0.2, 0) is 21.4 Å². The van der Waals surface area contributed by atoms with Crippen LogP contribution in [0.25, 0.3) is 0 Å². The number of thiophene rings is 1. The molecule has 0 radical (unpaired) electrons. The summed E-state index contributed by atoms with van der Waals surface area (Å²) in [4.78, 5) is 11.2. The lowest BCUT2D eigenvalue weighted by Crippen LogP contribution is -2.22. The average molecular weight is 340 g/mol. The number of hydrogen-bond donors (Lipinski definition) is 2. The molecule has 0 bridgehead atoms. The second-order valence-corrected chi connectivity index (χ2v) is 7.41. The van der Waals surface area contributed by atoms with E-state index in [-0.39, 0.29) is 16.7 Å². The van der Waals surface area contributed by atoms with Crippen molar-refractivity contribution in [2.24, 2.45) is 0 Å². The summed E-state index contributed by atoms with van der Waals surface area (Å²) in [6.45, 7) is 1.52. The predicted octanol–water partition coefficient (Wildman–Crippen LogP) is 2.19. The van der Waals surface area contributed by atoms with E-state index in [9.17, 15) is 13.2 Å². The monoisotopic (exact) mass is 340 g/mol. The lowest BCUT2D eigenvalue weighted by molar-refractivity contribution is -0.114.